The van der Waals surface area contributed by atoms with Crippen LogP contribution in [0.3, 0.4) is 0 Å². The Morgan fingerprint density at radius 2 is 1.65 bits per heavy atom. The van der Waals surface area contributed by atoms with Crippen molar-refractivity contribution in [2.75, 3.05) is 56.7 Å². The van der Waals surface area contributed by atoms with Gasteiger partial charge in [-0.2, -0.15) is 28.1 Å². The maximum Gasteiger partial charge on any atom is 0.422 e. The normalized spacial score (nSPS) is 11.5. The lowest BCUT2D eigenvalue weighted by atomic mass is 9.92. The van der Waals surface area contributed by atoms with Crippen LogP contribution in [0, 0.1) is 12.3 Å². The van der Waals surface area contributed by atoms with E-state index in [1.807, 2.05) is 63.2 Å². The predicted molar refractivity (Wildman–Crippen MR) is 201 cm³/mol. The van der Waals surface area contributed by atoms with Crippen molar-refractivity contribution in [3.05, 3.63) is 100 Å². The minimum Gasteiger partial charge on any atom is -0.454 e. The first-order chi connectivity index (χ1) is 26.2. The summed E-state index contributed by atoms with van der Waals surface area (Å²) in [6, 6.07) is 20.8. The van der Waals surface area contributed by atoms with E-state index >= 15 is 0 Å². The van der Waals surface area contributed by atoms with Gasteiger partial charge in [0, 0.05) is 49.1 Å². The topological polar surface area (TPSA) is 160 Å². The number of amides is 2. The highest BCUT2D eigenvalue weighted by atomic mass is 35.5. The van der Waals surface area contributed by atoms with Crippen molar-refractivity contribution < 1.29 is 42.1 Å². The minimum absolute atomic E-state index is 0.0407. The number of hydrogen-bond acceptors (Lipinski definition) is 11. The molecule has 0 aliphatic carbocycles. The summed E-state index contributed by atoms with van der Waals surface area (Å²) < 4.78 is 54.5. The molecule has 296 valence electrons. The fourth-order valence-electron chi connectivity index (χ4n) is 5.00. The Hall–Kier alpha value is -5.19. The second-order valence-electron chi connectivity index (χ2n) is 13.3. The number of carbonyl (C=O) groups excluding carboxylic acids is 2. The fraction of sp³-hybridized carbons (Fsp3) is 0.395. The van der Waals surface area contributed by atoms with Crippen LogP contribution in [-0.4, -0.2) is 89.2 Å². The number of alkyl halides is 3. The fourth-order valence-corrected chi connectivity index (χ4v) is 5.20. The molecule has 0 saturated heterocycles. The molecule has 0 aliphatic heterocycles. The van der Waals surface area contributed by atoms with Gasteiger partial charge >= 0.3 is 18.3 Å². The standard InChI is InChI=1S/C38H45ClF3N7O6/c1-26-10-11-28(20-31(26)39)21-43-33-46-34(48-35(47-33)55-25-38(40,41)42)45-30-14-12-29(13-15-30)32(51)44-23-37(2,3)24-49(16-7-17-50)36(52)54-19-18-53-22-27-8-5-4-6-9-27/h4-6,8-15,20,50H,7,16-19,21-25H2,1-3H3,(H,44,51)(H2,43,45,46,47,48). The van der Waals surface area contributed by atoms with E-state index in [2.05, 4.69) is 30.9 Å². The molecule has 0 radical (unpaired) electrons. The Bertz CT molecular complexity index is 1840. The number of carbonyl (C=O) groups is 2. The van der Waals surface area contributed by atoms with Crippen LogP contribution in [0.2, 0.25) is 5.02 Å². The van der Waals surface area contributed by atoms with Gasteiger partial charge in [0.2, 0.25) is 11.9 Å². The van der Waals surface area contributed by atoms with Crippen LogP contribution in [-0.2, 0) is 22.6 Å². The average Bonchev–Trinajstić information content (AvgIpc) is 3.15. The maximum atomic E-state index is 13.1. The van der Waals surface area contributed by atoms with E-state index in [1.54, 1.807) is 30.3 Å². The van der Waals surface area contributed by atoms with Gasteiger partial charge in [0.15, 0.2) is 6.61 Å². The molecule has 2 amide bonds. The van der Waals surface area contributed by atoms with Crippen LogP contribution in [0.4, 0.5) is 35.5 Å². The van der Waals surface area contributed by atoms with Crippen molar-refractivity contribution in [1.82, 2.24) is 25.2 Å². The minimum atomic E-state index is -4.61. The molecule has 13 nitrogen and oxygen atoms in total. The van der Waals surface area contributed by atoms with Crippen LogP contribution < -0.4 is 20.7 Å². The molecule has 17 heteroatoms. The molecule has 4 rings (SSSR count). The van der Waals surface area contributed by atoms with Gasteiger partial charge in [-0.05, 0) is 65.8 Å². The number of nitrogens with zero attached hydrogens (tertiary/aromatic N) is 4. The third kappa shape index (κ3) is 15.2. The van der Waals surface area contributed by atoms with E-state index in [0.717, 1.165) is 16.7 Å². The van der Waals surface area contributed by atoms with Crippen molar-refractivity contribution in [2.24, 2.45) is 5.41 Å². The zero-order chi connectivity index (χ0) is 39.8. The number of aromatic nitrogens is 3. The number of aryl methyl sites for hydroxylation is 1. The number of rotatable bonds is 20. The highest BCUT2D eigenvalue weighted by Gasteiger charge is 2.29. The Morgan fingerprint density at radius 1 is 0.927 bits per heavy atom. The third-order valence-corrected chi connectivity index (χ3v) is 8.23. The van der Waals surface area contributed by atoms with Crippen molar-refractivity contribution in [3.8, 4) is 6.01 Å². The van der Waals surface area contributed by atoms with Gasteiger partial charge in [-0.15, -0.1) is 0 Å². The number of hydrogen-bond donors (Lipinski definition) is 4. The monoisotopic (exact) mass is 787 g/mol. The number of anilines is 3. The molecular weight excluding hydrogens is 743 g/mol. The molecule has 0 aliphatic rings. The molecule has 55 heavy (non-hydrogen) atoms. The number of benzene rings is 3. The second kappa shape index (κ2) is 20.5. The lowest BCUT2D eigenvalue weighted by molar-refractivity contribution is -0.154. The first-order valence-electron chi connectivity index (χ1n) is 17.4. The van der Waals surface area contributed by atoms with Gasteiger partial charge in [0.1, 0.15) is 6.61 Å². The highest BCUT2D eigenvalue weighted by Crippen LogP contribution is 2.22. The smallest absolute Gasteiger partial charge is 0.422 e. The third-order valence-electron chi connectivity index (χ3n) is 7.83. The van der Waals surface area contributed by atoms with Crippen LogP contribution in [0.5, 0.6) is 6.01 Å². The SMILES string of the molecule is Cc1ccc(CNc2nc(Nc3ccc(C(=O)NCC(C)(C)CN(CCCO)C(=O)OCCOCc4ccccc4)cc3)nc(OCC(F)(F)F)n2)cc1Cl. The number of nitrogens with one attached hydrogen (secondary N) is 3. The molecule has 1 aromatic heterocycles. The summed E-state index contributed by atoms with van der Waals surface area (Å²) in [6.45, 7) is 5.57. The zero-order valence-corrected chi connectivity index (χ0v) is 31.5. The van der Waals surface area contributed by atoms with E-state index in [9.17, 15) is 27.9 Å². The van der Waals surface area contributed by atoms with E-state index in [1.165, 1.54) is 4.90 Å². The van der Waals surface area contributed by atoms with Crippen molar-refractivity contribution in [3.63, 3.8) is 0 Å². The van der Waals surface area contributed by atoms with Crippen LogP contribution >= 0.6 is 11.6 Å². The quantitative estimate of drug-likeness (QED) is 0.0689. The van der Waals surface area contributed by atoms with Crippen LogP contribution in [0.25, 0.3) is 0 Å². The lowest BCUT2D eigenvalue weighted by Gasteiger charge is -2.32. The molecule has 3 aromatic carbocycles. The zero-order valence-electron chi connectivity index (χ0n) is 30.8. The maximum absolute atomic E-state index is 13.1. The lowest BCUT2D eigenvalue weighted by Crippen LogP contribution is -2.45. The van der Waals surface area contributed by atoms with Gasteiger partial charge in [-0.25, -0.2) is 4.79 Å². The Labute approximate surface area is 322 Å². The van der Waals surface area contributed by atoms with Crippen molar-refractivity contribution in [1.29, 1.82) is 0 Å². The number of halogens is 4. The molecule has 0 atom stereocenters. The summed E-state index contributed by atoms with van der Waals surface area (Å²) in [6.07, 6.45) is -4.80. The molecule has 0 unspecified atom stereocenters. The van der Waals surface area contributed by atoms with Gasteiger partial charge in [-0.3, -0.25) is 4.79 Å². The van der Waals surface area contributed by atoms with Gasteiger partial charge in [0.25, 0.3) is 5.91 Å². The second-order valence-corrected chi connectivity index (χ2v) is 13.7. The van der Waals surface area contributed by atoms with Gasteiger partial charge in [0.05, 0.1) is 13.2 Å². The molecule has 4 N–H and O–H groups in total. The predicted octanol–water partition coefficient (Wildman–Crippen LogP) is 6.92. The van der Waals surface area contributed by atoms with Crippen molar-refractivity contribution in [2.45, 2.75) is 46.5 Å². The van der Waals surface area contributed by atoms with Gasteiger partial charge < -0.3 is 40.2 Å². The number of aliphatic hydroxyl groups excluding tert-OH is 1. The molecule has 0 spiro atoms. The van der Waals surface area contributed by atoms with E-state index in [-0.39, 0.29) is 63.8 Å². The molecular formula is C38H45ClF3N7O6. The summed E-state index contributed by atoms with van der Waals surface area (Å²) in [5.41, 5.74) is 2.88. The first-order valence-corrected chi connectivity index (χ1v) is 17.8. The van der Waals surface area contributed by atoms with E-state index in [4.69, 9.17) is 25.8 Å². The van der Waals surface area contributed by atoms with Crippen LogP contribution in [0.1, 0.15) is 47.3 Å². The summed E-state index contributed by atoms with van der Waals surface area (Å²) in [5, 5.41) is 18.7. The number of aliphatic hydroxyl groups is 1. The Morgan fingerprint density at radius 3 is 2.35 bits per heavy atom. The molecule has 0 bridgehead atoms. The summed E-state index contributed by atoms with van der Waals surface area (Å²) in [7, 11) is 0. The Kier molecular flexibility index (Phi) is 15.8. The molecule has 0 fully saturated rings. The largest absolute Gasteiger partial charge is 0.454 e. The van der Waals surface area contributed by atoms with Crippen molar-refractivity contribution >= 4 is 41.2 Å². The highest BCUT2D eigenvalue weighted by molar-refractivity contribution is 6.31. The summed E-state index contributed by atoms with van der Waals surface area (Å²) in [5.74, 6) is -0.508. The van der Waals surface area contributed by atoms with E-state index < -0.39 is 30.3 Å². The van der Waals surface area contributed by atoms with E-state index in [0.29, 0.717) is 29.3 Å². The first kappa shape index (κ1) is 42.6. The molecule has 0 saturated carbocycles. The molecule has 1 heterocycles. The summed E-state index contributed by atoms with van der Waals surface area (Å²) >= 11 is 6.21. The average molecular weight is 788 g/mol. The Balaban J connectivity index is 1.31. The van der Waals surface area contributed by atoms with Crippen LogP contribution in [0.15, 0.2) is 72.8 Å². The summed E-state index contributed by atoms with van der Waals surface area (Å²) in [4.78, 5) is 39.7. The molecule has 4 aromatic rings. The van der Waals surface area contributed by atoms with Gasteiger partial charge in [-0.1, -0.05) is 67.9 Å². The number of ether oxygens (including phenoxy) is 3.